The molecule has 0 unspecified atom stereocenters. The van der Waals surface area contributed by atoms with Gasteiger partial charge in [-0.15, -0.1) is 0 Å². The molecule has 0 bridgehead atoms. The molecule has 2 aromatic rings. The minimum Gasteiger partial charge on any atom is -0.350 e. The fraction of sp³-hybridized carbons (Fsp3) is 0.429. The molecular weight excluding hydrogens is 298 g/mol. The number of fused-ring (bicyclic) bond motifs is 1. The van der Waals surface area contributed by atoms with Gasteiger partial charge in [0.1, 0.15) is 5.78 Å². The van der Waals surface area contributed by atoms with E-state index in [1.54, 1.807) is 6.92 Å². The Kier molecular flexibility index (Phi) is 6.53. The molecule has 0 fully saturated rings. The molecule has 0 saturated heterocycles. The van der Waals surface area contributed by atoms with E-state index in [0.717, 1.165) is 24.8 Å². The number of hydrogen-bond acceptors (Lipinski definition) is 2. The summed E-state index contributed by atoms with van der Waals surface area (Å²) in [4.78, 5) is 23.3. The third-order valence-electron chi connectivity index (χ3n) is 4.64. The summed E-state index contributed by atoms with van der Waals surface area (Å²) in [5, 5.41) is 5.46. The van der Waals surface area contributed by atoms with Crippen LogP contribution in [0.5, 0.6) is 0 Å². The Balaban J connectivity index is 1.81. The summed E-state index contributed by atoms with van der Waals surface area (Å²) in [6.07, 6.45) is 3.12. The van der Waals surface area contributed by atoms with Crippen molar-refractivity contribution in [2.45, 2.75) is 52.5 Å². The first kappa shape index (κ1) is 18.2. The van der Waals surface area contributed by atoms with Crippen molar-refractivity contribution in [2.24, 2.45) is 5.92 Å². The van der Waals surface area contributed by atoms with Crippen molar-refractivity contribution in [3.8, 4) is 0 Å². The van der Waals surface area contributed by atoms with Gasteiger partial charge in [-0.05, 0) is 49.1 Å². The van der Waals surface area contributed by atoms with Crippen LogP contribution in [0, 0.1) is 5.92 Å². The maximum atomic E-state index is 12.1. The van der Waals surface area contributed by atoms with Crippen LogP contribution in [0.15, 0.2) is 42.5 Å². The van der Waals surface area contributed by atoms with Crippen LogP contribution in [0.2, 0.25) is 0 Å². The molecule has 1 amide bonds. The lowest BCUT2D eigenvalue weighted by molar-refractivity contribution is -0.121. The van der Waals surface area contributed by atoms with Crippen LogP contribution in [-0.4, -0.2) is 11.7 Å². The molecule has 3 heteroatoms. The number of rotatable bonds is 8. The van der Waals surface area contributed by atoms with Crippen molar-refractivity contribution in [3.05, 3.63) is 48.0 Å². The second kappa shape index (κ2) is 8.62. The Hall–Kier alpha value is -2.16. The average molecular weight is 325 g/mol. The van der Waals surface area contributed by atoms with E-state index in [2.05, 4.69) is 35.6 Å². The Labute approximate surface area is 144 Å². The smallest absolute Gasteiger partial charge is 0.220 e. The van der Waals surface area contributed by atoms with E-state index in [-0.39, 0.29) is 23.7 Å². The topological polar surface area (TPSA) is 46.2 Å². The Morgan fingerprint density at radius 1 is 1.00 bits per heavy atom. The monoisotopic (exact) mass is 325 g/mol. The highest BCUT2D eigenvalue weighted by Crippen LogP contribution is 2.20. The summed E-state index contributed by atoms with van der Waals surface area (Å²) in [5.74, 6) is 0.403. The first-order valence-electron chi connectivity index (χ1n) is 8.76. The minimum atomic E-state index is -0.00162. The van der Waals surface area contributed by atoms with Gasteiger partial charge in [-0.1, -0.05) is 49.7 Å². The van der Waals surface area contributed by atoms with Gasteiger partial charge in [0.15, 0.2) is 0 Å². The van der Waals surface area contributed by atoms with Gasteiger partial charge in [0.2, 0.25) is 5.91 Å². The van der Waals surface area contributed by atoms with Crippen molar-refractivity contribution < 1.29 is 9.59 Å². The molecule has 0 aliphatic carbocycles. The highest BCUT2D eigenvalue weighted by atomic mass is 16.1. The van der Waals surface area contributed by atoms with Gasteiger partial charge in [0.05, 0.1) is 6.04 Å². The van der Waals surface area contributed by atoms with E-state index in [9.17, 15) is 9.59 Å². The van der Waals surface area contributed by atoms with Crippen molar-refractivity contribution in [1.29, 1.82) is 0 Å². The fourth-order valence-corrected chi connectivity index (χ4v) is 2.81. The van der Waals surface area contributed by atoms with Crippen molar-refractivity contribution in [3.63, 3.8) is 0 Å². The van der Waals surface area contributed by atoms with Crippen molar-refractivity contribution >= 4 is 22.5 Å². The fourth-order valence-electron chi connectivity index (χ4n) is 2.81. The predicted octanol–water partition coefficient (Wildman–Crippen LogP) is 4.80. The number of carbonyl (C=O) groups is 2. The quantitative estimate of drug-likeness (QED) is 0.708. The molecule has 0 heterocycles. The number of unbranched alkanes of at least 4 members (excludes halogenated alkanes) is 1. The van der Waals surface area contributed by atoms with Crippen LogP contribution in [0.3, 0.4) is 0 Å². The third-order valence-corrected chi connectivity index (χ3v) is 4.64. The van der Waals surface area contributed by atoms with Gasteiger partial charge < -0.3 is 5.32 Å². The molecule has 24 heavy (non-hydrogen) atoms. The number of hydrogen-bond donors (Lipinski definition) is 1. The Morgan fingerprint density at radius 2 is 1.71 bits per heavy atom. The SMILES string of the molecule is CC(=O)[C@H](C)CCCCC(=O)N[C@@H](C)c1ccc2ccccc2c1. The lowest BCUT2D eigenvalue weighted by atomic mass is 9.99. The van der Waals surface area contributed by atoms with E-state index in [4.69, 9.17) is 0 Å². The molecule has 128 valence electrons. The minimum absolute atomic E-state index is 0.00162. The summed E-state index contributed by atoms with van der Waals surface area (Å²) in [6, 6.07) is 14.5. The van der Waals surface area contributed by atoms with Gasteiger partial charge in [-0.2, -0.15) is 0 Å². The van der Waals surface area contributed by atoms with E-state index in [1.165, 1.54) is 10.8 Å². The standard InChI is InChI=1S/C21H27NO2/c1-15(17(3)23)8-4-7-11-21(24)22-16(2)19-13-12-18-9-5-6-10-20(18)14-19/h5-6,9-10,12-16H,4,7-8,11H2,1-3H3,(H,22,24)/t15-,16+/m1/s1. The zero-order valence-corrected chi connectivity index (χ0v) is 14.8. The van der Waals surface area contributed by atoms with Gasteiger partial charge in [-0.25, -0.2) is 0 Å². The van der Waals surface area contributed by atoms with Crippen molar-refractivity contribution in [1.82, 2.24) is 5.32 Å². The van der Waals surface area contributed by atoms with Gasteiger partial charge in [0.25, 0.3) is 0 Å². The van der Waals surface area contributed by atoms with Gasteiger partial charge in [-0.3, -0.25) is 9.59 Å². The number of Topliss-reactive ketones (excluding diaryl/α,β-unsaturated/α-hetero) is 1. The number of ketones is 1. The zero-order valence-electron chi connectivity index (χ0n) is 14.8. The lowest BCUT2D eigenvalue weighted by Gasteiger charge is -2.15. The van der Waals surface area contributed by atoms with Crippen LogP contribution in [0.4, 0.5) is 0 Å². The third kappa shape index (κ3) is 5.19. The van der Waals surface area contributed by atoms with Crippen LogP contribution < -0.4 is 5.32 Å². The highest BCUT2D eigenvalue weighted by Gasteiger charge is 2.11. The summed E-state index contributed by atoms with van der Waals surface area (Å²) < 4.78 is 0. The molecule has 3 nitrogen and oxygen atoms in total. The summed E-state index contributed by atoms with van der Waals surface area (Å²) in [5.41, 5.74) is 1.12. The summed E-state index contributed by atoms with van der Waals surface area (Å²) in [7, 11) is 0. The molecule has 0 aliphatic rings. The number of amides is 1. The maximum absolute atomic E-state index is 12.1. The zero-order chi connectivity index (χ0) is 17.5. The maximum Gasteiger partial charge on any atom is 0.220 e. The second-order valence-electron chi connectivity index (χ2n) is 6.65. The van der Waals surface area contributed by atoms with Crippen LogP contribution in [0.1, 0.15) is 58.1 Å². The number of benzene rings is 2. The molecule has 0 radical (unpaired) electrons. The lowest BCUT2D eigenvalue weighted by Crippen LogP contribution is -2.26. The highest BCUT2D eigenvalue weighted by molar-refractivity contribution is 5.83. The van der Waals surface area contributed by atoms with Crippen molar-refractivity contribution in [2.75, 3.05) is 0 Å². The molecule has 2 rings (SSSR count). The molecular formula is C21H27NO2. The van der Waals surface area contributed by atoms with Crippen LogP contribution >= 0.6 is 0 Å². The molecule has 2 atom stereocenters. The molecule has 0 saturated carbocycles. The number of nitrogens with one attached hydrogen (secondary N) is 1. The van der Waals surface area contributed by atoms with E-state index < -0.39 is 0 Å². The van der Waals surface area contributed by atoms with Gasteiger partial charge in [0, 0.05) is 12.3 Å². The normalized spacial score (nSPS) is 13.5. The molecule has 2 aromatic carbocycles. The molecule has 1 N–H and O–H groups in total. The number of carbonyl (C=O) groups excluding carboxylic acids is 2. The molecule has 0 aliphatic heterocycles. The van der Waals surface area contributed by atoms with E-state index in [0.29, 0.717) is 6.42 Å². The van der Waals surface area contributed by atoms with Gasteiger partial charge >= 0.3 is 0 Å². The first-order valence-corrected chi connectivity index (χ1v) is 8.76. The van der Waals surface area contributed by atoms with E-state index >= 15 is 0 Å². The molecule has 0 aromatic heterocycles. The Bertz CT molecular complexity index is 708. The average Bonchev–Trinajstić information content (AvgIpc) is 2.57. The molecule has 0 spiro atoms. The first-order chi connectivity index (χ1) is 11.5. The second-order valence-corrected chi connectivity index (χ2v) is 6.65. The largest absolute Gasteiger partial charge is 0.350 e. The summed E-state index contributed by atoms with van der Waals surface area (Å²) in [6.45, 7) is 5.59. The Morgan fingerprint density at radius 3 is 2.42 bits per heavy atom. The van der Waals surface area contributed by atoms with Crippen LogP contribution in [0.25, 0.3) is 10.8 Å². The predicted molar refractivity (Wildman–Crippen MR) is 98.8 cm³/mol. The van der Waals surface area contributed by atoms with E-state index in [1.807, 2.05) is 26.0 Å². The van der Waals surface area contributed by atoms with Crippen LogP contribution in [-0.2, 0) is 9.59 Å². The summed E-state index contributed by atoms with van der Waals surface area (Å²) >= 11 is 0.